The zero-order chi connectivity index (χ0) is 23.3. The van der Waals surface area contributed by atoms with E-state index in [2.05, 4.69) is 0 Å². The van der Waals surface area contributed by atoms with Crippen LogP contribution in [0.15, 0.2) is 48.5 Å². The Morgan fingerprint density at radius 3 is 2.47 bits per heavy atom. The van der Waals surface area contributed by atoms with Crippen molar-refractivity contribution in [3.63, 3.8) is 0 Å². The van der Waals surface area contributed by atoms with Crippen LogP contribution >= 0.6 is 0 Å². The smallest absolute Gasteiger partial charge is 0.413 e. The van der Waals surface area contributed by atoms with E-state index in [1.807, 2.05) is 0 Å². The Balaban J connectivity index is 1.54. The zero-order valence-electron chi connectivity index (χ0n) is 18.3. The molecule has 32 heavy (non-hydrogen) atoms. The Labute approximate surface area is 186 Å². The molecule has 1 fully saturated rings. The van der Waals surface area contributed by atoms with Crippen molar-refractivity contribution >= 4 is 17.8 Å². The highest BCUT2D eigenvalue weighted by molar-refractivity contribution is 5.96. The summed E-state index contributed by atoms with van der Waals surface area (Å²) in [5, 5.41) is 0. The largest absolute Gasteiger partial charge is 0.489 e. The molecule has 170 valence electrons. The Hall–Kier alpha value is -3.42. The summed E-state index contributed by atoms with van der Waals surface area (Å²) < 4.78 is 29.5. The lowest BCUT2D eigenvalue weighted by atomic mass is 10.0. The zero-order valence-corrected chi connectivity index (χ0v) is 18.3. The number of nitrogens with zero attached hydrogens (tertiary/aromatic N) is 1. The second-order valence-corrected chi connectivity index (χ2v) is 8.42. The Bertz CT molecular complexity index is 983. The van der Waals surface area contributed by atoms with Gasteiger partial charge in [-0.25, -0.2) is 14.0 Å². The molecule has 1 atom stereocenters. The van der Waals surface area contributed by atoms with E-state index in [0.717, 1.165) is 0 Å². The first kappa shape index (κ1) is 23.2. The number of rotatable bonds is 7. The highest BCUT2D eigenvalue weighted by Gasteiger charge is 2.40. The van der Waals surface area contributed by atoms with Crippen LogP contribution in [0.1, 0.15) is 49.5 Å². The number of amides is 1. The van der Waals surface area contributed by atoms with Crippen LogP contribution in [-0.4, -0.2) is 41.1 Å². The molecule has 3 rings (SSSR count). The Kier molecular flexibility index (Phi) is 7.12. The molecular weight excluding hydrogens is 417 g/mol. The molecule has 1 aliphatic heterocycles. The van der Waals surface area contributed by atoms with Crippen LogP contribution in [0.4, 0.5) is 9.18 Å². The number of halogens is 1. The molecule has 7 nitrogen and oxygen atoms in total. The van der Waals surface area contributed by atoms with E-state index in [9.17, 15) is 18.8 Å². The molecule has 2 aromatic rings. The lowest BCUT2D eigenvalue weighted by Crippen LogP contribution is -2.41. The number of Topliss-reactive ketones (excluding diaryl/α,β-unsaturated/α-hetero) is 1. The maximum absolute atomic E-state index is 13.7. The van der Waals surface area contributed by atoms with Gasteiger partial charge in [0.25, 0.3) is 0 Å². The molecule has 2 aromatic carbocycles. The molecule has 0 bridgehead atoms. The summed E-state index contributed by atoms with van der Waals surface area (Å²) in [7, 11) is 0. The van der Waals surface area contributed by atoms with Crippen molar-refractivity contribution in [3.05, 3.63) is 65.5 Å². The number of ketones is 1. The van der Waals surface area contributed by atoms with Gasteiger partial charge in [-0.05, 0) is 57.5 Å². The number of ether oxygens (including phenoxy) is 3. The summed E-state index contributed by atoms with van der Waals surface area (Å²) in [4.78, 5) is 38.1. The molecule has 1 heterocycles. The molecule has 1 saturated heterocycles. The summed E-state index contributed by atoms with van der Waals surface area (Å²) in [5.74, 6) is -0.583. The quantitative estimate of drug-likeness (QED) is 0.463. The first-order valence-corrected chi connectivity index (χ1v) is 10.3. The van der Waals surface area contributed by atoms with Crippen molar-refractivity contribution in [2.24, 2.45) is 0 Å². The van der Waals surface area contributed by atoms with E-state index in [1.54, 1.807) is 63.2 Å². The van der Waals surface area contributed by atoms with E-state index in [4.69, 9.17) is 14.2 Å². The minimum atomic E-state index is -0.864. The van der Waals surface area contributed by atoms with Gasteiger partial charge in [0, 0.05) is 17.5 Å². The minimum absolute atomic E-state index is 0.0501. The lowest BCUT2D eigenvalue weighted by Gasteiger charge is -2.25. The number of benzene rings is 2. The maximum atomic E-state index is 13.7. The van der Waals surface area contributed by atoms with Gasteiger partial charge in [-0.2, -0.15) is 0 Å². The van der Waals surface area contributed by atoms with Crippen molar-refractivity contribution in [1.82, 2.24) is 4.90 Å². The summed E-state index contributed by atoms with van der Waals surface area (Å²) >= 11 is 0. The second-order valence-electron chi connectivity index (χ2n) is 8.42. The average Bonchev–Trinajstić information content (AvgIpc) is 3.11. The number of hydrogen-bond donors (Lipinski definition) is 0. The molecule has 0 aliphatic carbocycles. The van der Waals surface area contributed by atoms with Crippen molar-refractivity contribution in [3.8, 4) is 5.75 Å². The second kappa shape index (κ2) is 9.80. The van der Waals surface area contributed by atoms with Crippen LogP contribution in [0, 0.1) is 5.82 Å². The molecule has 0 N–H and O–H groups in total. The van der Waals surface area contributed by atoms with Crippen LogP contribution in [0.5, 0.6) is 5.75 Å². The number of hydrogen-bond acceptors (Lipinski definition) is 6. The molecule has 0 spiro atoms. The molecule has 0 saturated carbocycles. The molecular formula is C24H26FNO6. The number of cyclic esters (lactones) is 1. The van der Waals surface area contributed by atoms with Crippen LogP contribution in [0.3, 0.4) is 0 Å². The van der Waals surface area contributed by atoms with Crippen molar-refractivity contribution < 1.29 is 33.0 Å². The van der Waals surface area contributed by atoms with Gasteiger partial charge in [-0.1, -0.05) is 18.2 Å². The van der Waals surface area contributed by atoms with Gasteiger partial charge in [-0.3, -0.25) is 9.69 Å². The van der Waals surface area contributed by atoms with Crippen molar-refractivity contribution in [1.29, 1.82) is 0 Å². The average molecular weight is 443 g/mol. The van der Waals surface area contributed by atoms with Crippen LogP contribution in [-0.2, 0) is 20.9 Å². The third-order valence-electron chi connectivity index (χ3n) is 4.80. The van der Waals surface area contributed by atoms with Gasteiger partial charge in [-0.15, -0.1) is 0 Å². The third kappa shape index (κ3) is 6.06. The summed E-state index contributed by atoms with van der Waals surface area (Å²) in [6.45, 7) is 5.06. The Morgan fingerprint density at radius 2 is 1.81 bits per heavy atom. The molecule has 0 unspecified atom stereocenters. The molecule has 0 radical (unpaired) electrons. The molecule has 0 aromatic heterocycles. The van der Waals surface area contributed by atoms with Crippen LogP contribution < -0.4 is 4.74 Å². The fourth-order valence-electron chi connectivity index (χ4n) is 3.15. The predicted octanol–water partition coefficient (Wildman–Crippen LogP) is 4.49. The van der Waals surface area contributed by atoms with Gasteiger partial charge in [0.2, 0.25) is 0 Å². The SMILES string of the molecule is CC(C)(C)OC(=O)N1COC(=O)[C@H]1CCC(=O)c1ccc(OCc2ccccc2F)cc1. The molecule has 1 aliphatic rings. The summed E-state index contributed by atoms with van der Waals surface area (Å²) in [6.07, 6.45) is -0.478. The van der Waals surface area contributed by atoms with Gasteiger partial charge in [0.1, 0.15) is 29.8 Å². The van der Waals surface area contributed by atoms with Crippen molar-refractivity contribution in [2.75, 3.05) is 6.73 Å². The lowest BCUT2D eigenvalue weighted by molar-refractivity contribution is -0.139. The monoisotopic (exact) mass is 443 g/mol. The van der Waals surface area contributed by atoms with E-state index in [-0.39, 0.29) is 37.8 Å². The number of esters is 1. The molecule has 8 heteroatoms. The van der Waals surface area contributed by atoms with E-state index in [0.29, 0.717) is 16.9 Å². The predicted molar refractivity (Wildman–Crippen MR) is 114 cm³/mol. The van der Waals surface area contributed by atoms with E-state index >= 15 is 0 Å². The highest BCUT2D eigenvalue weighted by atomic mass is 19.1. The number of carbonyl (C=O) groups excluding carboxylic acids is 3. The fraction of sp³-hybridized carbons (Fsp3) is 0.375. The summed E-state index contributed by atoms with van der Waals surface area (Å²) in [6, 6.07) is 12.0. The standard InChI is InChI=1S/C24H26FNO6/c1-24(2,3)32-23(29)26-15-31-22(28)20(26)12-13-21(27)16-8-10-18(11-9-16)30-14-17-6-4-5-7-19(17)25/h4-11,20H,12-15H2,1-3H3/t20-/m1/s1. The topological polar surface area (TPSA) is 82.1 Å². The maximum Gasteiger partial charge on any atom is 0.413 e. The van der Waals surface area contributed by atoms with Crippen molar-refractivity contribution in [2.45, 2.75) is 51.9 Å². The highest BCUT2D eigenvalue weighted by Crippen LogP contribution is 2.22. The van der Waals surface area contributed by atoms with Gasteiger partial charge < -0.3 is 14.2 Å². The van der Waals surface area contributed by atoms with Gasteiger partial charge >= 0.3 is 12.1 Å². The van der Waals surface area contributed by atoms with E-state index < -0.39 is 23.7 Å². The molecule has 1 amide bonds. The first-order valence-electron chi connectivity index (χ1n) is 10.3. The first-order chi connectivity index (χ1) is 15.1. The number of carbonyl (C=O) groups is 3. The van der Waals surface area contributed by atoms with Gasteiger partial charge in [0.05, 0.1) is 0 Å². The summed E-state index contributed by atoms with van der Waals surface area (Å²) in [5.41, 5.74) is 0.170. The van der Waals surface area contributed by atoms with E-state index in [1.165, 1.54) is 11.0 Å². The third-order valence-corrected chi connectivity index (χ3v) is 4.80. The Morgan fingerprint density at radius 1 is 1.12 bits per heavy atom. The fourth-order valence-corrected chi connectivity index (χ4v) is 3.15. The van der Waals surface area contributed by atoms with Crippen LogP contribution in [0.25, 0.3) is 0 Å². The van der Waals surface area contributed by atoms with Crippen LogP contribution in [0.2, 0.25) is 0 Å². The minimum Gasteiger partial charge on any atom is -0.489 e. The van der Waals surface area contributed by atoms with Gasteiger partial charge in [0.15, 0.2) is 12.5 Å². The normalized spacial score (nSPS) is 15.9.